The van der Waals surface area contributed by atoms with Crippen molar-refractivity contribution in [3.05, 3.63) is 47.0 Å². The van der Waals surface area contributed by atoms with Crippen LogP contribution in [-0.4, -0.2) is 5.78 Å². The molecule has 0 radical (unpaired) electrons. The van der Waals surface area contributed by atoms with Crippen LogP contribution in [0.25, 0.3) is 11.1 Å². The number of Topliss-reactive ketones (excluding diaryl/α,β-unsaturated/α-hetero) is 1. The Kier molecular flexibility index (Phi) is 7.31. The fraction of sp³-hybridized carbons (Fsp3) is 0.476. The molecular formula is C21H30O. The maximum atomic E-state index is 12.5. The molecule has 0 atom stereocenters. The Bertz CT molecular complexity index is 576. The van der Waals surface area contributed by atoms with Crippen LogP contribution in [0.4, 0.5) is 0 Å². The van der Waals surface area contributed by atoms with Gasteiger partial charge >= 0.3 is 0 Å². The molecule has 0 spiro atoms. The zero-order chi connectivity index (χ0) is 16.7. The highest BCUT2D eigenvalue weighted by Crippen LogP contribution is 2.29. The van der Waals surface area contributed by atoms with Crippen LogP contribution >= 0.6 is 0 Å². The summed E-state index contributed by atoms with van der Waals surface area (Å²) in [5, 5.41) is 0. The van der Waals surface area contributed by atoms with E-state index in [1.165, 1.54) is 18.4 Å². The molecule has 1 heteroatoms. The van der Waals surface area contributed by atoms with Crippen LogP contribution in [0.2, 0.25) is 0 Å². The molecule has 0 saturated heterocycles. The second-order valence-corrected chi connectivity index (χ2v) is 6.20. The average molecular weight is 298 g/mol. The van der Waals surface area contributed by atoms with E-state index in [9.17, 15) is 4.79 Å². The number of benzene rings is 1. The number of rotatable bonds is 8. The summed E-state index contributed by atoms with van der Waals surface area (Å²) in [7, 11) is 0. The predicted octanol–water partition coefficient (Wildman–Crippen LogP) is 6.36. The molecular weight excluding hydrogens is 268 g/mol. The van der Waals surface area contributed by atoms with Crippen LogP contribution in [0.3, 0.4) is 0 Å². The zero-order valence-electron chi connectivity index (χ0n) is 14.9. The van der Waals surface area contributed by atoms with Crippen molar-refractivity contribution in [3.8, 4) is 0 Å². The van der Waals surface area contributed by atoms with E-state index in [0.717, 1.165) is 40.7 Å². The van der Waals surface area contributed by atoms with Crippen LogP contribution in [-0.2, 0) is 4.79 Å². The topological polar surface area (TPSA) is 17.1 Å². The molecule has 0 aliphatic rings. The lowest BCUT2D eigenvalue weighted by Crippen LogP contribution is -2.05. The first-order valence-corrected chi connectivity index (χ1v) is 8.42. The Morgan fingerprint density at radius 2 is 1.82 bits per heavy atom. The smallest absolute Gasteiger partial charge is 0.163 e. The third-order valence-corrected chi connectivity index (χ3v) is 4.18. The average Bonchev–Trinajstić information content (AvgIpc) is 2.49. The van der Waals surface area contributed by atoms with Crippen molar-refractivity contribution in [2.75, 3.05) is 0 Å². The molecule has 0 unspecified atom stereocenters. The van der Waals surface area contributed by atoms with Gasteiger partial charge in [0.25, 0.3) is 0 Å². The molecule has 0 heterocycles. The van der Waals surface area contributed by atoms with Crippen molar-refractivity contribution in [1.29, 1.82) is 0 Å². The van der Waals surface area contributed by atoms with Gasteiger partial charge in [0.2, 0.25) is 0 Å². The highest BCUT2D eigenvalue weighted by Gasteiger charge is 2.16. The van der Waals surface area contributed by atoms with Gasteiger partial charge in [0, 0.05) is 12.0 Å². The number of hydrogen-bond acceptors (Lipinski definition) is 1. The van der Waals surface area contributed by atoms with E-state index in [1.807, 2.05) is 13.8 Å². The number of hydrogen-bond donors (Lipinski definition) is 0. The molecule has 1 rings (SSSR count). The molecule has 0 saturated carbocycles. The van der Waals surface area contributed by atoms with Crippen LogP contribution < -0.4 is 0 Å². The zero-order valence-corrected chi connectivity index (χ0v) is 14.9. The van der Waals surface area contributed by atoms with Crippen LogP contribution in [0.5, 0.6) is 0 Å². The lowest BCUT2D eigenvalue weighted by Gasteiger charge is -2.15. The summed E-state index contributed by atoms with van der Waals surface area (Å²) in [5.74, 6) is 0.246. The van der Waals surface area contributed by atoms with Crippen molar-refractivity contribution in [2.24, 2.45) is 0 Å². The normalized spacial score (nSPS) is 12.0. The highest BCUT2D eigenvalue weighted by atomic mass is 16.1. The van der Waals surface area contributed by atoms with Gasteiger partial charge in [-0.25, -0.2) is 0 Å². The fourth-order valence-corrected chi connectivity index (χ4v) is 2.72. The van der Waals surface area contributed by atoms with Gasteiger partial charge in [-0.15, -0.1) is 0 Å². The van der Waals surface area contributed by atoms with E-state index in [4.69, 9.17) is 0 Å². The van der Waals surface area contributed by atoms with Gasteiger partial charge in [0.05, 0.1) is 0 Å². The van der Waals surface area contributed by atoms with Gasteiger partial charge in [0.1, 0.15) is 0 Å². The standard InChI is InChI=1S/C21H30O/c1-7-9-10-11-17(6)21(20(22)8-2)19-14-18(15(3)4)13-12-16(19)5/h12-14H,3,7-11H2,1-2,4-6H3/b21-17+. The number of carbonyl (C=O) groups is 1. The number of aryl methyl sites for hydroxylation is 1. The lowest BCUT2D eigenvalue weighted by molar-refractivity contribution is -0.113. The second kappa shape index (κ2) is 8.73. The Morgan fingerprint density at radius 3 is 2.36 bits per heavy atom. The minimum atomic E-state index is 0.246. The summed E-state index contributed by atoms with van der Waals surface area (Å²) in [6, 6.07) is 6.31. The van der Waals surface area contributed by atoms with Crippen LogP contribution in [0, 0.1) is 6.92 Å². The van der Waals surface area contributed by atoms with Crippen LogP contribution in [0.1, 0.15) is 76.5 Å². The minimum Gasteiger partial charge on any atom is -0.294 e. The van der Waals surface area contributed by atoms with Crippen molar-refractivity contribution >= 4 is 16.9 Å². The van der Waals surface area contributed by atoms with E-state index < -0.39 is 0 Å². The number of allylic oxidation sites excluding steroid dienone is 3. The second-order valence-electron chi connectivity index (χ2n) is 6.20. The molecule has 0 aromatic heterocycles. The largest absolute Gasteiger partial charge is 0.294 e. The Labute approximate surface area is 136 Å². The summed E-state index contributed by atoms with van der Waals surface area (Å²) < 4.78 is 0. The maximum Gasteiger partial charge on any atom is 0.163 e. The third kappa shape index (κ3) is 4.69. The number of carbonyl (C=O) groups excluding carboxylic acids is 1. The van der Waals surface area contributed by atoms with E-state index in [-0.39, 0.29) is 5.78 Å². The summed E-state index contributed by atoms with van der Waals surface area (Å²) in [5.41, 5.74) is 6.55. The molecule has 0 aliphatic carbocycles. The molecule has 0 bridgehead atoms. The van der Waals surface area contributed by atoms with Crippen molar-refractivity contribution in [3.63, 3.8) is 0 Å². The molecule has 1 aromatic carbocycles. The van der Waals surface area contributed by atoms with Gasteiger partial charge in [-0.3, -0.25) is 4.79 Å². The molecule has 120 valence electrons. The highest BCUT2D eigenvalue weighted by molar-refractivity contribution is 6.22. The van der Waals surface area contributed by atoms with E-state index >= 15 is 0 Å². The lowest BCUT2D eigenvalue weighted by atomic mass is 9.88. The molecule has 0 fully saturated rings. The molecule has 0 aliphatic heterocycles. The molecule has 22 heavy (non-hydrogen) atoms. The monoisotopic (exact) mass is 298 g/mol. The summed E-state index contributed by atoms with van der Waals surface area (Å²) in [6.07, 6.45) is 5.13. The minimum absolute atomic E-state index is 0.246. The first-order chi connectivity index (χ1) is 10.4. The number of ketones is 1. The maximum absolute atomic E-state index is 12.5. The molecule has 1 aromatic rings. The predicted molar refractivity (Wildman–Crippen MR) is 97.9 cm³/mol. The van der Waals surface area contributed by atoms with Gasteiger partial charge in [-0.2, -0.15) is 0 Å². The van der Waals surface area contributed by atoms with Gasteiger partial charge in [-0.1, -0.05) is 56.5 Å². The summed E-state index contributed by atoms with van der Waals surface area (Å²) >= 11 is 0. The molecule has 0 N–H and O–H groups in total. The summed E-state index contributed by atoms with van der Waals surface area (Å²) in [6.45, 7) is 14.4. The SMILES string of the molecule is C=C(C)c1ccc(C)c(/C(C(=O)CC)=C(/C)CCCCC)c1. The van der Waals surface area contributed by atoms with Gasteiger partial charge in [0.15, 0.2) is 5.78 Å². The van der Waals surface area contributed by atoms with Crippen molar-refractivity contribution in [1.82, 2.24) is 0 Å². The first kappa shape index (κ1) is 18.4. The van der Waals surface area contributed by atoms with Crippen molar-refractivity contribution < 1.29 is 4.79 Å². The van der Waals surface area contributed by atoms with E-state index in [2.05, 4.69) is 45.5 Å². The number of unbranched alkanes of at least 4 members (excludes halogenated alkanes) is 2. The first-order valence-electron chi connectivity index (χ1n) is 8.42. The Hall–Kier alpha value is -1.63. The van der Waals surface area contributed by atoms with E-state index in [0.29, 0.717) is 6.42 Å². The third-order valence-electron chi connectivity index (χ3n) is 4.18. The fourth-order valence-electron chi connectivity index (χ4n) is 2.72. The quantitative estimate of drug-likeness (QED) is 0.403. The van der Waals surface area contributed by atoms with Gasteiger partial charge < -0.3 is 0 Å². The van der Waals surface area contributed by atoms with E-state index in [1.54, 1.807) is 0 Å². The summed E-state index contributed by atoms with van der Waals surface area (Å²) in [4.78, 5) is 12.5. The molecule has 1 nitrogen and oxygen atoms in total. The Balaban J connectivity index is 3.33. The Morgan fingerprint density at radius 1 is 1.14 bits per heavy atom. The van der Waals surface area contributed by atoms with Crippen molar-refractivity contribution in [2.45, 2.75) is 66.7 Å². The van der Waals surface area contributed by atoms with Crippen LogP contribution in [0.15, 0.2) is 30.4 Å². The van der Waals surface area contributed by atoms with Gasteiger partial charge in [-0.05, 0) is 56.4 Å². The molecule has 0 amide bonds.